The van der Waals surface area contributed by atoms with Gasteiger partial charge < -0.3 is 5.32 Å². The quantitative estimate of drug-likeness (QED) is 0.836. The standard InChI is InChI=1S/C14H17NO/c1-2-11-5-3-4-6-12(11)10-15-13-7-8-14(16)9-13/h3-6,9,15H,2,7-8,10H2,1H3. The molecule has 1 aliphatic rings. The van der Waals surface area contributed by atoms with Crippen LogP contribution in [-0.4, -0.2) is 5.78 Å². The molecule has 0 amide bonds. The van der Waals surface area contributed by atoms with Crippen LogP contribution in [0.5, 0.6) is 0 Å². The Kier molecular flexibility index (Phi) is 3.40. The van der Waals surface area contributed by atoms with Crippen LogP contribution in [0.15, 0.2) is 36.0 Å². The van der Waals surface area contributed by atoms with Gasteiger partial charge in [0.2, 0.25) is 0 Å². The zero-order valence-corrected chi connectivity index (χ0v) is 9.62. The zero-order chi connectivity index (χ0) is 11.4. The van der Waals surface area contributed by atoms with E-state index in [1.807, 2.05) is 0 Å². The van der Waals surface area contributed by atoms with Crippen molar-refractivity contribution >= 4 is 5.78 Å². The number of hydrogen-bond donors (Lipinski definition) is 1. The molecule has 16 heavy (non-hydrogen) atoms. The first-order valence-electron chi connectivity index (χ1n) is 5.83. The van der Waals surface area contributed by atoms with Gasteiger partial charge in [-0.1, -0.05) is 31.2 Å². The SMILES string of the molecule is CCc1ccccc1CNC1=CC(=O)CC1. The number of carbonyl (C=O) groups excluding carboxylic acids is 1. The van der Waals surface area contributed by atoms with E-state index in [0.29, 0.717) is 6.42 Å². The summed E-state index contributed by atoms with van der Waals surface area (Å²) < 4.78 is 0. The van der Waals surface area contributed by atoms with Gasteiger partial charge in [0, 0.05) is 24.7 Å². The third kappa shape index (κ3) is 2.51. The highest BCUT2D eigenvalue weighted by molar-refractivity contribution is 5.92. The van der Waals surface area contributed by atoms with Crippen LogP contribution >= 0.6 is 0 Å². The molecule has 0 spiro atoms. The van der Waals surface area contributed by atoms with E-state index in [9.17, 15) is 4.79 Å². The summed E-state index contributed by atoms with van der Waals surface area (Å²) in [7, 11) is 0. The number of nitrogens with one attached hydrogen (secondary N) is 1. The maximum Gasteiger partial charge on any atom is 0.157 e. The van der Waals surface area contributed by atoms with E-state index in [4.69, 9.17) is 0 Å². The lowest BCUT2D eigenvalue weighted by atomic mass is 10.1. The zero-order valence-electron chi connectivity index (χ0n) is 9.62. The highest BCUT2D eigenvalue weighted by Crippen LogP contribution is 2.14. The molecular formula is C14H17NO. The highest BCUT2D eigenvalue weighted by atomic mass is 16.1. The largest absolute Gasteiger partial charge is 0.384 e. The first-order valence-corrected chi connectivity index (χ1v) is 5.83. The lowest BCUT2D eigenvalue weighted by molar-refractivity contribution is -0.114. The van der Waals surface area contributed by atoms with Crippen molar-refractivity contribution in [3.8, 4) is 0 Å². The summed E-state index contributed by atoms with van der Waals surface area (Å²) in [4.78, 5) is 11.1. The molecule has 1 aromatic carbocycles. The molecule has 2 nitrogen and oxygen atoms in total. The van der Waals surface area contributed by atoms with Crippen LogP contribution in [-0.2, 0) is 17.8 Å². The van der Waals surface area contributed by atoms with Gasteiger partial charge in [-0.05, 0) is 24.0 Å². The van der Waals surface area contributed by atoms with Crippen molar-refractivity contribution in [1.82, 2.24) is 5.32 Å². The van der Waals surface area contributed by atoms with Crippen LogP contribution in [0.3, 0.4) is 0 Å². The third-order valence-electron chi connectivity index (χ3n) is 2.98. The van der Waals surface area contributed by atoms with Gasteiger partial charge >= 0.3 is 0 Å². The lowest BCUT2D eigenvalue weighted by Crippen LogP contribution is -2.12. The van der Waals surface area contributed by atoms with E-state index in [-0.39, 0.29) is 5.78 Å². The number of aryl methyl sites for hydroxylation is 1. The smallest absolute Gasteiger partial charge is 0.157 e. The van der Waals surface area contributed by atoms with E-state index in [1.54, 1.807) is 6.08 Å². The molecular weight excluding hydrogens is 198 g/mol. The molecule has 0 aliphatic heterocycles. The summed E-state index contributed by atoms with van der Waals surface area (Å²) >= 11 is 0. The minimum atomic E-state index is 0.242. The molecule has 1 aliphatic carbocycles. The Hall–Kier alpha value is -1.57. The summed E-state index contributed by atoms with van der Waals surface area (Å²) in [6, 6.07) is 8.43. The summed E-state index contributed by atoms with van der Waals surface area (Å²) in [6.45, 7) is 2.99. The van der Waals surface area contributed by atoms with Gasteiger partial charge in [0.15, 0.2) is 5.78 Å². The molecule has 0 radical (unpaired) electrons. The molecule has 0 fully saturated rings. The number of rotatable bonds is 4. The second kappa shape index (κ2) is 4.97. The third-order valence-corrected chi connectivity index (χ3v) is 2.98. The lowest BCUT2D eigenvalue weighted by Gasteiger charge is -2.10. The molecule has 0 heterocycles. The first-order chi connectivity index (χ1) is 7.79. The topological polar surface area (TPSA) is 29.1 Å². The molecule has 2 rings (SSSR count). The minimum Gasteiger partial charge on any atom is -0.384 e. The van der Waals surface area contributed by atoms with Crippen molar-refractivity contribution < 1.29 is 4.79 Å². The van der Waals surface area contributed by atoms with E-state index >= 15 is 0 Å². The van der Waals surface area contributed by atoms with Crippen molar-refractivity contribution in [2.45, 2.75) is 32.7 Å². The average Bonchev–Trinajstić information content (AvgIpc) is 2.73. The van der Waals surface area contributed by atoms with Crippen molar-refractivity contribution in [2.24, 2.45) is 0 Å². The second-order valence-electron chi connectivity index (χ2n) is 4.11. The van der Waals surface area contributed by atoms with Gasteiger partial charge in [0.1, 0.15) is 0 Å². The number of ketones is 1. The monoisotopic (exact) mass is 215 g/mol. The summed E-state index contributed by atoms with van der Waals surface area (Å²) in [6.07, 6.45) is 4.31. The van der Waals surface area contributed by atoms with Crippen LogP contribution in [0.25, 0.3) is 0 Å². The maximum absolute atomic E-state index is 11.1. The number of allylic oxidation sites excluding steroid dienone is 2. The highest BCUT2D eigenvalue weighted by Gasteiger charge is 2.11. The Morgan fingerprint density at radius 2 is 1.94 bits per heavy atom. The predicted octanol–water partition coefficient (Wildman–Crippen LogP) is 2.59. The summed E-state index contributed by atoms with van der Waals surface area (Å²) in [5, 5.41) is 3.34. The van der Waals surface area contributed by atoms with Crippen LogP contribution in [0.1, 0.15) is 30.9 Å². The van der Waals surface area contributed by atoms with Crippen molar-refractivity contribution in [3.63, 3.8) is 0 Å². The predicted molar refractivity (Wildman–Crippen MR) is 65.0 cm³/mol. The molecule has 0 atom stereocenters. The van der Waals surface area contributed by atoms with E-state index < -0.39 is 0 Å². The van der Waals surface area contributed by atoms with Crippen LogP contribution in [0, 0.1) is 0 Å². The van der Waals surface area contributed by atoms with E-state index in [1.165, 1.54) is 11.1 Å². The van der Waals surface area contributed by atoms with E-state index in [2.05, 4.69) is 36.5 Å². The fourth-order valence-electron chi connectivity index (χ4n) is 2.02. The van der Waals surface area contributed by atoms with Crippen molar-refractivity contribution in [3.05, 3.63) is 47.2 Å². The number of hydrogen-bond acceptors (Lipinski definition) is 2. The second-order valence-corrected chi connectivity index (χ2v) is 4.11. The molecule has 0 saturated carbocycles. The van der Waals surface area contributed by atoms with Gasteiger partial charge in [0.25, 0.3) is 0 Å². The normalized spacial score (nSPS) is 15.1. The van der Waals surface area contributed by atoms with Gasteiger partial charge in [-0.15, -0.1) is 0 Å². The Balaban J connectivity index is 1.99. The average molecular weight is 215 g/mol. The summed E-state index contributed by atoms with van der Waals surface area (Å²) in [5.41, 5.74) is 3.78. The molecule has 1 N–H and O–H groups in total. The van der Waals surface area contributed by atoms with Crippen LogP contribution in [0.2, 0.25) is 0 Å². The minimum absolute atomic E-state index is 0.242. The fraction of sp³-hybridized carbons (Fsp3) is 0.357. The molecule has 0 saturated heterocycles. The molecule has 0 aromatic heterocycles. The Labute approximate surface area is 96.4 Å². The van der Waals surface area contributed by atoms with Crippen LogP contribution in [0.4, 0.5) is 0 Å². The molecule has 84 valence electrons. The van der Waals surface area contributed by atoms with Gasteiger partial charge in [-0.25, -0.2) is 0 Å². The van der Waals surface area contributed by atoms with Crippen molar-refractivity contribution in [2.75, 3.05) is 0 Å². The van der Waals surface area contributed by atoms with Crippen LogP contribution < -0.4 is 5.32 Å². The first kappa shape index (κ1) is 10.9. The fourth-order valence-corrected chi connectivity index (χ4v) is 2.02. The maximum atomic E-state index is 11.1. The van der Waals surface area contributed by atoms with Gasteiger partial charge in [-0.2, -0.15) is 0 Å². The number of benzene rings is 1. The molecule has 0 bridgehead atoms. The number of carbonyl (C=O) groups is 1. The van der Waals surface area contributed by atoms with Gasteiger partial charge in [-0.3, -0.25) is 4.79 Å². The summed E-state index contributed by atoms with van der Waals surface area (Å²) in [5.74, 6) is 0.242. The Morgan fingerprint density at radius 1 is 1.19 bits per heavy atom. The van der Waals surface area contributed by atoms with E-state index in [0.717, 1.165) is 25.1 Å². The Morgan fingerprint density at radius 3 is 2.56 bits per heavy atom. The van der Waals surface area contributed by atoms with Gasteiger partial charge in [0.05, 0.1) is 0 Å². The molecule has 2 heteroatoms. The molecule has 0 unspecified atom stereocenters. The Bertz CT molecular complexity index is 420. The molecule has 1 aromatic rings. The van der Waals surface area contributed by atoms with Crippen molar-refractivity contribution in [1.29, 1.82) is 0 Å².